The molecule has 0 N–H and O–H groups in total. The molecule has 1 amide bonds. The Kier molecular flexibility index (Phi) is 4.31. The van der Waals surface area contributed by atoms with Gasteiger partial charge in [0, 0.05) is 31.3 Å². The van der Waals surface area contributed by atoms with Crippen molar-refractivity contribution in [1.82, 2.24) is 19.5 Å². The Labute approximate surface area is 165 Å². The summed E-state index contributed by atoms with van der Waals surface area (Å²) in [5.74, 6) is -0.238. The van der Waals surface area contributed by atoms with E-state index in [1.165, 1.54) is 6.26 Å². The highest BCUT2D eigenvalue weighted by atomic mass is 79.9. The Bertz CT molecular complexity index is 1170. The number of hydrogen-bond donors (Lipinski definition) is 0. The molecule has 1 aliphatic heterocycles. The number of amides is 1. The Morgan fingerprint density at radius 1 is 1.33 bits per heavy atom. The lowest BCUT2D eigenvalue weighted by molar-refractivity contribution is 0.0668. The lowest BCUT2D eigenvalue weighted by Gasteiger charge is -2.35. The number of hydrogen-bond acceptors (Lipinski definition) is 5. The molecule has 0 spiro atoms. The molecule has 1 unspecified atom stereocenters. The zero-order valence-electron chi connectivity index (χ0n) is 14.8. The lowest BCUT2D eigenvalue weighted by Crippen LogP contribution is -2.39. The van der Waals surface area contributed by atoms with E-state index in [-0.39, 0.29) is 22.5 Å². The van der Waals surface area contributed by atoms with Gasteiger partial charge < -0.3 is 4.90 Å². The molecule has 0 aliphatic carbocycles. The fraction of sp³-hybridized carbons (Fsp3) is 0.278. The minimum absolute atomic E-state index is 0.238. The van der Waals surface area contributed by atoms with Gasteiger partial charge >= 0.3 is 0 Å². The number of halogens is 1. The molecular formula is C18H17BrN4O3S. The second-order valence-electron chi connectivity index (χ2n) is 6.63. The predicted octanol–water partition coefficient (Wildman–Crippen LogP) is 2.65. The van der Waals surface area contributed by atoms with Crippen LogP contribution >= 0.6 is 15.9 Å². The first-order valence-electron chi connectivity index (χ1n) is 8.39. The fourth-order valence-electron chi connectivity index (χ4n) is 3.58. The smallest absolute Gasteiger partial charge is 0.274 e. The van der Waals surface area contributed by atoms with Crippen LogP contribution in [0.4, 0.5) is 0 Å². The number of nitrogens with zero attached hydrogens (tertiary/aromatic N) is 4. The number of benzene rings is 1. The normalized spacial score (nSPS) is 17.1. The fourth-order valence-corrected chi connectivity index (χ4v) is 4.90. The van der Waals surface area contributed by atoms with Crippen LogP contribution in [-0.4, -0.2) is 46.6 Å². The van der Waals surface area contributed by atoms with Crippen LogP contribution in [0.15, 0.2) is 46.0 Å². The van der Waals surface area contributed by atoms with E-state index in [9.17, 15) is 13.2 Å². The Balaban J connectivity index is 1.74. The number of carbonyl (C=O) groups excluding carboxylic acids is 1. The molecule has 3 aromatic rings. The number of aromatic nitrogens is 3. The summed E-state index contributed by atoms with van der Waals surface area (Å²) in [4.78, 5) is 19.3. The summed E-state index contributed by atoms with van der Waals surface area (Å²) in [5.41, 5.74) is 2.52. The van der Waals surface area contributed by atoms with E-state index in [4.69, 9.17) is 0 Å². The van der Waals surface area contributed by atoms with Crippen molar-refractivity contribution in [2.75, 3.05) is 12.8 Å². The van der Waals surface area contributed by atoms with Crippen LogP contribution in [0.3, 0.4) is 0 Å². The van der Waals surface area contributed by atoms with Gasteiger partial charge in [0.1, 0.15) is 0 Å². The van der Waals surface area contributed by atoms with Gasteiger partial charge in [-0.15, -0.1) is 0 Å². The number of carbonyl (C=O) groups is 1. The molecule has 3 heterocycles. The van der Waals surface area contributed by atoms with Crippen molar-refractivity contribution in [3.05, 3.63) is 58.0 Å². The van der Waals surface area contributed by atoms with Crippen molar-refractivity contribution >= 4 is 37.3 Å². The van der Waals surface area contributed by atoms with Gasteiger partial charge in [-0.2, -0.15) is 5.10 Å². The van der Waals surface area contributed by atoms with Gasteiger partial charge in [0.2, 0.25) is 0 Å². The molecule has 140 valence electrons. The summed E-state index contributed by atoms with van der Waals surface area (Å²) in [6.07, 6.45) is 5.17. The second-order valence-corrected chi connectivity index (χ2v) is 9.53. The van der Waals surface area contributed by atoms with E-state index in [0.29, 0.717) is 24.2 Å². The summed E-state index contributed by atoms with van der Waals surface area (Å²) in [7, 11) is -3.39. The minimum atomic E-state index is -3.39. The maximum Gasteiger partial charge on any atom is 0.274 e. The highest BCUT2D eigenvalue weighted by Gasteiger charge is 2.33. The number of fused-ring (bicyclic) bond motifs is 2. The molecule has 4 rings (SSSR count). The van der Waals surface area contributed by atoms with Crippen LogP contribution < -0.4 is 0 Å². The van der Waals surface area contributed by atoms with Crippen LogP contribution in [0, 0.1) is 0 Å². The molecule has 0 saturated carbocycles. The second kappa shape index (κ2) is 6.42. The standard InChI is InChI=1S/C18H17BrN4O3S/c1-11-17-12(4-3-5-15(17)27(2,25)26)6-7-22(11)18(24)14-8-16-20-9-13(19)10-23(16)21-14/h3-5,8-11H,6-7H2,1-2H3. The van der Waals surface area contributed by atoms with E-state index in [1.807, 2.05) is 13.0 Å². The average Bonchev–Trinajstić information content (AvgIpc) is 3.03. The third-order valence-electron chi connectivity index (χ3n) is 4.82. The van der Waals surface area contributed by atoms with Crippen molar-refractivity contribution in [3.63, 3.8) is 0 Å². The molecule has 0 radical (unpaired) electrons. The summed E-state index contributed by atoms with van der Waals surface area (Å²) < 4.78 is 26.7. The zero-order chi connectivity index (χ0) is 19.3. The molecule has 2 aromatic heterocycles. The van der Waals surface area contributed by atoms with E-state index >= 15 is 0 Å². The Morgan fingerprint density at radius 3 is 2.85 bits per heavy atom. The van der Waals surface area contributed by atoms with E-state index in [2.05, 4.69) is 26.0 Å². The molecule has 9 heteroatoms. The van der Waals surface area contributed by atoms with Crippen molar-refractivity contribution in [3.8, 4) is 0 Å². The molecule has 0 bridgehead atoms. The SMILES string of the molecule is CC1c2c(cccc2S(C)(=O)=O)CCN1C(=O)c1cc2ncc(Br)cn2n1. The Morgan fingerprint density at radius 2 is 2.11 bits per heavy atom. The monoisotopic (exact) mass is 448 g/mol. The molecule has 0 fully saturated rings. The molecule has 1 aliphatic rings. The maximum absolute atomic E-state index is 13.1. The first-order valence-corrected chi connectivity index (χ1v) is 11.1. The van der Waals surface area contributed by atoms with Crippen molar-refractivity contribution in [2.45, 2.75) is 24.3 Å². The van der Waals surface area contributed by atoms with Crippen molar-refractivity contribution in [2.24, 2.45) is 0 Å². The van der Waals surface area contributed by atoms with Crippen LogP contribution in [0.25, 0.3) is 5.65 Å². The zero-order valence-corrected chi connectivity index (χ0v) is 17.2. The molecule has 1 atom stereocenters. The van der Waals surface area contributed by atoms with E-state index < -0.39 is 9.84 Å². The first kappa shape index (κ1) is 18.1. The first-order chi connectivity index (χ1) is 12.8. The van der Waals surface area contributed by atoms with Crippen molar-refractivity contribution < 1.29 is 13.2 Å². The summed E-state index contributed by atoms with van der Waals surface area (Å²) in [5, 5.41) is 4.32. The largest absolute Gasteiger partial charge is 0.330 e. The predicted molar refractivity (Wildman–Crippen MR) is 103 cm³/mol. The van der Waals surface area contributed by atoms with Gasteiger partial charge in [-0.3, -0.25) is 4.79 Å². The average molecular weight is 449 g/mol. The molecule has 27 heavy (non-hydrogen) atoms. The van der Waals surface area contributed by atoms with Crippen LogP contribution in [0.2, 0.25) is 0 Å². The van der Waals surface area contributed by atoms with Gasteiger partial charge in [0.05, 0.1) is 15.4 Å². The topological polar surface area (TPSA) is 84.6 Å². The third-order valence-corrected chi connectivity index (χ3v) is 6.39. The maximum atomic E-state index is 13.1. The lowest BCUT2D eigenvalue weighted by atomic mass is 9.93. The van der Waals surface area contributed by atoms with Crippen LogP contribution in [0.1, 0.15) is 34.6 Å². The highest BCUT2D eigenvalue weighted by molar-refractivity contribution is 9.10. The number of sulfone groups is 1. The highest BCUT2D eigenvalue weighted by Crippen LogP contribution is 2.35. The van der Waals surface area contributed by atoms with Gasteiger partial charge in [-0.25, -0.2) is 17.9 Å². The van der Waals surface area contributed by atoms with Gasteiger partial charge in [-0.1, -0.05) is 12.1 Å². The Hall–Kier alpha value is -2.26. The van der Waals surface area contributed by atoms with E-state index in [1.54, 1.807) is 40.0 Å². The third kappa shape index (κ3) is 3.14. The van der Waals surface area contributed by atoms with E-state index in [0.717, 1.165) is 10.0 Å². The van der Waals surface area contributed by atoms with Gasteiger partial charge in [0.15, 0.2) is 21.2 Å². The van der Waals surface area contributed by atoms with Crippen molar-refractivity contribution in [1.29, 1.82) is 0 Å². The molecule has 1 aromatic carbocycles. The van der Waals surface area contributed by atoms with Gasteiger partial charge in [-0.05, 0) is 46.5 Å². The summed E-state index contributed by atoms with van der Waals surface area (Å²) in [6, 6.07) is 6.56. The quantitative estimate of drug-likeness (QED) is 0.601. The number of rotatable bonds is 2. The molecule has 7 nitrogen and oxygen atoms in total. The molecular weight excluding hydrogens is 432 g/mol. The van der Waals surface area contributed by atoms with Crippen LogP contribution in [-0.2, 0) is 16.3 Å². The summed E-state index contributed by atoms with van der Waals surface area (Å²) in [6.45, 7) is 2.36. The minimum Gasteiger partial charge on any atom is -0.330 e. The molecule has 0 saturated heterocycles. The summed E-state index contributed by atoms with van der Waals surface area (Å²) >= 11 is 3.33. The van der Waals surface area contributed by atoms with Gasteiger partial charge in [0.25, 0.3) is 5.91 Å². The van der Waals surface area contributed by atoms with Crippen LogP contribution in [0.5, 0.6) is 0 Å².